The minimum atomic E-state index is 0.755. The van der Waals surface area contributed by atoms with Crippen molar-refractivity contribution in [3.63, 3.8) is 0 Å². The molecule has 1 atom stereocenters. The highest BCUT2D eigenvalue weighted by Gasteiger charge is 2.30. The number of aryl methyl sites for hydroxylation is 2. The van der Waals surface area contributed by atoms with Crippen LogP contribution in [0.4, 0.5) is 0 Å². The highest BCUT2D eigenvalue weighted by molar-refractivity contribution is 5.33. The van der Waals surface area contributed by atoms with E-state index in [2.05, 4.69) is 44.3 Å². The Morgan fingerprint density at radius 2 is 2.06 bits per heavy atom. The summed E-state index contributed by atoms with van der Waals surface area (Å²) in [6.45, 7) is 7.90. The van der Waals surface area contributed by atoms with Gasteiger partial charge < -0.3 is 5.32 Å². The van der Waals surface area contributed by atoms with Crippen LogP contribution in [0.2, 0.25) is 0 Å². The van der Waals surface area contributed by atoms with E-state index in [-0.39, 0.29) is 0 Å². The molecule has 100 valence electrons. The number of hydrogen-bond acceptors (Lipinski definition) is 1. The molecule has 2 rings (SSSR count). The molecular formula is C17H27N. The number of rotatable bonds is 7. The zero-order valence-corrected chi connectivity index (χ0v) is 12.1. The van der Waals surface area contributed by atoms with E-state index in [9.17, 15) is 0 Å². The monoisotopic (exact) mass is 245 g/mol. The maximum atomic E-state index is 3.74. The minimum absolute atomic E-state index is 0.755. The summed E-state index contributed by atoms with van der Waals surface area (Å²) >= 11 is 0. The van der Waals surface area contributed by atoms with Gasteiger partial charge >= 0.3 is 0 Å². The lowest BCUT2D eigenvalue weighted by molar-refractivity contribution is 0.435. The van der Waals surface area contributed by atoms with Crippen molar-refractivity contribution in [1.29, 1.82) is 0 Å². The van der Waals surface area contributed by atoms with E-state index in [1.165, 1.54) is 49.8 Å². The Morgan fingerprint density at radius 1 is 1.28 bits per heavy atom. The van der Waals surface area contributed by atoms with E-state index in [4.69, 9.17) is 0 Å². The van der Waals surface area contributed by atoms with E-state index >= 15 is 0 Å². The van der Waals surface area contributed by atoms with Gasteiger partial charge in [0, 0.05) is 6.04 Å². The lowest BCUT2D eigenvalue weighted by Crippen LogP contribution is -2.32. The van der Waals surface area contributed by atoms with Gasteiger partial charge in [0.05, 0.1) is 0 Å². The average molecular weight is 245 g/mol. The number of hydrogen-bond donors (Lipinski definition) is 1. The molecule has 1 saturated carbocycles. The lowest BCUT2D eigenvalue weighted by atomic mass is 9.96. The van der Waals surface area contributed by atoms with Crippen LogP contribution in [-0.4, -0.2) is 12.6 Å². The molecule has 0 bridgehead atoms. The molecule has 1 heteroatoms. The van der Waals surface area contributed by atoms with Crippen LogP contribution >= 0.6 is 0 Å². The normalized spacial score (nSPS) is 16.8. The molecule has 1 nitrogen and oxygen atoms in total. The smallest absolute Gasteiger partial charge is 0.00984 e. The van der Waals surface area contributed by atoms with E-state index in [1.807, 2.05) is 0 Å². The topological polar surface area (TPSA) is 12.0 Å². The predicted molar refractivity (Wildman–Crippen MR) is 79.0 cm³/mol. The second-order valence-corrected chi connectivity index (χ2v) is 5.80. The summed E-state index contributed by atoms with van der Waals surface area (Å²) in [5.74, 6) is 0.960. The molecule has 1 aromatic rings. The lowest BCUT2D eigenvalue weighted by Gasteiger charge is -2.18. The van der Waals surface area contributed by atoms with Gasteiger partial charge in [0.1, 0.15) is 0 Å². The molecule has 1 N–H and O–H groups in total. The van der Waals surface area contributed by atoms with E-state index < -0.39 is 0 Å². The summed E-state index contributed by atoms with van der Waals surface area (Å²) in [6, 6.07) is 7.46. The highest BCUT2D eigenvalue weighted by Crippen LogP contribution is 2.34. The third-order valence-electron chi connectivity index (χ3n) is 4.29. The molecule has 1 aliphatic carbocycles. The first-order valence-electron chi connectivity index (χ1n) is 7.50. The molecule has 0 spiro atoms. The summed E-state index contributed by atoms with van der Waals surface area (Å²) in [5, 5.41) is 3.74. The van der Waals surface area contributed by atoms with Crippen LogP contribution in [0.3, 0.4) is 0 Å². The van der Waals surface area contributed by atoms with Crippen LogP contribution in [-0.2, 0) is 6.42 Å². The van der Waals surface area contributed by atoms with Gasteiger partial charge in [0.15, 0.2) is 0 Å². The Kier molecular flexibility index (Phi) is 4.82. The Balaban J connectivity index is 1.90. The molecule has 1 aliphatic rings. The molecule has 1 fully saturated rings. The molecule has 0 aliphatic heterocycles. The van der Waals surface area contributed by atoms with Crippen molar-refractivity contribution in [3.05, 3.63) is 34.9 Å². The van der Waals surface area contributed by atoms with Crippen molar-refractivity contribution in [2.75, 3.05) is 6.54 Å². The quantitative estimate of drug-likeness (QED) is 0.765. The molecule has 0 saturated heterocycles. The van der Waals surface area contributed by atoms with Crippen LogP contribution in [0, 0.1) is 19.8 Å². The SMILES string of the molecule is CCCNC(CCc1cccc(C)c1C)C1CC1. The van der Waals surface area contributed by atoms with Crippen molar-refractivity contribution < 1.29 is 0 Å². The van der Waals surface area contributed by atoms with Gasteiger partial charge in [-0.15, -0.1) is 0 Å². The molecule has 0 amide bonds. The minimum Gasteiger partial charge on any atom is -0.314 e. The third-order valence-corrected chi connectivity index (χ3v) is 4.29. The van der Waals surface area contributed by atoms with Gasteiger partial charge in [-0.2, -0.15) is 0 Å². The van der Waals surface area contributed by atoms with Gasteiger partial charge in [-0.25, -0.2) is 0 Å². The van der Waals surface area contributed by atoms with Crippen molar-refractivity contribution in [1.82, 2.24) is 5.32 Å². The first-order chi connectivity index (χ1) is 8.72. The average Bonchev–Trinajstić information content (AvgIpc) is 3.18. The van der Waals surface area contributed by atoms with Gasteiger partial charge in [0.2, 0.25) is 0 Å². The van der Waals surface area contributed by atoms with Crippen molar-refractivity contribution in [2.45, 2.75) is 58.9 Å². The molecule has 0 aromatic heterocycles. The van der Waals surface area contributed by atoms with Crippen LogP contribution in [0.5, 0.6) is 0 Å². The van der Waals surface area contributed by atoms with Crippen molar-refractivity contribution in [3.8, 4) is 0 Å². The van der Waals surface area contributed by atoms with Crippen molar-refractivity contribution >= 4 is 0 Å². The van der Waals surface area contributed by atoms with E-state index in [0.717, 1.165) is 12.0 Å². The second kappa shape index (κ2) is 6.38. The molecule has 1 aromatic carbocycles. The Bertz CT molecular complexity index is 379. The summed E-state index contributed by atoms with van der Waals surface area (Å²) in [5.41, 5.74) is 4.46. The molecular weight excluding hydrogens is 218 g/mol. The zero-order valence-electron chi connectivity index (χ0n) is 12.1. The van der Waals surface area contributed by atoms with Gasteiger partial charge in [0.25, 0.3) is 0 Å². The van der Waals surface area contributed by atoms with E-state index in [1.54, 1.807) is 5.56 Å². The fourth-order valence-corrected chi connectivity index (χ4v) is 2.73. The summed E-state index contributed by atoms with van der Waals surface area (Å²) in [4.78, 5) is 0. The largest absolute Gasteiger partial charge is 0.314 e. The molecule has 0 heterocycles. The second-order valence-electron chi connectivity index (χ2n) is 5.80. The fourth-order valence-electron chi connectivity index (χ4n) is 2.73. The van der Waals surface area contributed by atoms with Crippen LogP contribution < -0.4 is 5.32 Å². The Hall–Kier alpha value is -0.820. The molecule has 0 radical (unpaired) electrons. The maximum Gasteiger partial charge on any atom is 0.00984 e. The van der Waals surface area contributed by atoms with Crippen LogP contribution in [0.1, 0.15) is 49.3 Å². The first kappa shape index (κ1) is 13.6. The van der Waals surface area contributed by atoms with Crippen LogP contribution in [0.25, 0.3) is 0 Å². The Morgan fingerprint density at radius 3 is 2.72 bits per heavy atom. The maximum absolute atomic E-state index is 3.74. The van der Waals surface area contributed by atoms with Gasteiger partial charge in [-0.3, -0.25) is 0 Å². The first-order valence-corrected chi connectivity index (χ1v) is 7.50. The summed E-state index contributed by atoms with van der Waals surface area (Å²) < 4.78 is 0. The zero-order chi connectivity index (χ0) is 13.0. The highest BCUT2D eigenvalue weighted by atomic mass is 14.9. The summed E-state index contributed by atoms with van der Waals surface area (Å²) in [6.07, 6.45) is 6.65. The summed E-state index contributed by atoms with van der Waals surface area (Å²) in [7, 11) is 0. The fraction of sp³-hybridized carbons (Fsp3) is 0.647. The molecule has 18 heavy (non-hydrogen) atoms. The van der Waals surface area contributed by atoms with Crippen molar-refractivity contribution in [2.24, 2.45) is 5.92 Å². The van der Waals surface area contributed by atoms with Crippen LogP contribution in [0.15, 0.2) is 18.2 Å². The predicted octanol–water partition coefficient (Wildman–Crippen LogP) is 4.01. The van der Waals surface area contributed by atoms with E-state index in [0.29, 0.717) is 0 Å². The third kappa shape index (κ3) is 3.58. The number of nitrogens with one attached hydrogen (secondary N) is 1. The number of benzene rings is 1. The molecule has 1 unspecified atom stereocenters. The van der Waals surface area contributed by atoms with Gasteiger partial charge in [-0.05, 0) is 75.1 Å². The standard InChI is InChI=1S/C17H27N/c1-4-12-18-17(16-8-9-16)11-10-15-7-5-6-13(2)14(15)3/h5-7,16-18H,4,8-12H2,1-3H3. The van der Waals surface area contributed by atoms with Gasteiger partial charge in [-0.1, -0.05) is 25.1 Å². The Labute approximate surface area is 112 Å².